The van der Waals surface area contributed by atoms with Crippen molar-refractivity contribution in [2.24, 2.45) is 12.0 Å². The van der Waals surface area contributed by atoms with Crippen molar-refractivity contribution in [3.05, 3.63) is 47.8 Å². The van der Waals surface area contributed by atoms with Crippen LogP contribution >= 0.6 is 24.0 Å². The Balaban J connectivity index is 0.00000240. The van der Waals surface area contributed by atoms with Crippen LogP contribution in [0.4, 0.5) is 5.69 Å². The van der Waals surface area contributed by atoms with Crippen LogP contribution in [0.2, 0.25) is 0 Å². The quantitative estimate of drug-likeness (QED) is 0.392. The number of aliphatic imine (C=N–C) groups is 1. The van der Waals surface area contributed by atoms with Crippen LogP contribution in [0.15, 0.2) is 41.7 Å². The Labute approximate surface area is 189 Å². The Hall–Kier alpha value is -2.10. The molecule has 2 aromatic rings. The molecule has 1 amide bonds. The summed E-state index contributed by atoms with van der Waals surface area (Å²) >= 11 is 0. The molecule has 1 aromatic heterocycles. The molecule has 0 bridgehead atoms. The molecule has 0 radical (unpaired) electrons. The summed E-state index contributed by atoms with van der Waals surface area (Å²) < 4.78 is 1.86. The van der Waals surface area contributed by atoms with Crippen molar-refractivity contribution >= 4 is 41.5 Å². The average Bonchev–Trinajstić information content (AvgIpc) is 3.44. The molecule has 7 nitrogen and oxygen atoms in total. The smallest absolute Gasteiger partial charge is 0.227 e. The van der Waals surface area contributed by atoms with E-state index < -0.39 is 0 Å². The first kappa shape index (κ1) is 21.6. The first-order chi connectivity index (χ1) is 13.6. The Morgan fingerprint density at radius 1 is 1.34 bits per heavy atom. The first-order valence-electron chi connectivity index (χ1n) is 9.97. The number of rotatable bonds is 4. The summed E-state index contributed by atoms with van der Waals surface area (Å²) in [6, 6.07) is 8.23. The van der Waals surface area contributed by atoms with Gasteiger partial charge in [0.15, 0.2) is 5.96 Å². The van der Waals surface area contributed by atoms with Crippen LogP contribution in [0.25, 0.3) is 0 Å². The summed E-state index contributed by atoms with van der Waals surface area (Å²) in [6.45, 7) is 3.45. The normalized spacial score (nSPS) is 19.6. The number of likely N-dealkylation sites (tertiary alicyclic amines) is 1. The molecule has 1 atom stereocenters. The van der Waals surface area contributed by atoms with Crippen LogP contribution in [0.5, 0.6) is 0 Å². The molecule has 156 valence electrons. The molecule has 0 saturated carbocycles. The van der Waals surface area contributed by atoms with Crippen molar-refractivity contribution < 1.29 is 4.79 Å². The van der Waals surface area contributed by atoms with E-state index in [1.54, 1.807) is 0 Å². The van der Waals surface area contributed by atoms with Crippen molar-refractivity contribution in [1.82, 2.24) is 20.0 Å². The molecule has 8 heteroatoms. The fourth-order valence-electron chi connectivity index (χ4n) is 4.14. The summed E-state index contributed by atoms with van der Waals surface area (Å²) in [5, 5.41) is 7.78. The lowest BCUT2D eigenvalue weighted by atomic mass is 10.0. The van der Waals surface area contributed by atoms with Gasteiger partial charge in [-0.1, -0.05) is 12.1 Å². The summed E-state index contributed by atoms with van der Waals surface area (Å²) in [5.41, 5.74) is 3.44. The van der Waals surface area contributed by atoms with Crippen LogP contribution in [0.3, 0.4) is 0 Å². The number of guanidine groups is 1. The fourth-order valence-corrected chi connectivity index (χ4v) is 4.14. The molecule has 0 spiro atoms. The van der Waals surface area contributed by atoms with E-state index in [0.29, 0.717) is 18.9 Å². The molecule has 1 aromatic carbocycles. The SMILES string of the molecule is CN=C(NCc1cccc(N2CCCC2=O)c1)N1CCC(c2cnn(C)c2)C1.I. The lowest BCUT2D eigenvalue weighted by Crippen LogP contribution is -2.39. The largest absolute Gasteiger partial charge is 0.352 e. The predicted octanol–water partition coefficient (Wildman–Crippen LogP) is 2.73. The second-order valence-electron chi connectivity index (χ2n) is 7.60. The third kappa shape index (κ3) is 4.91. The molecule has 29 heavy (non-hydrogen) atoms. The Kier molecular flexibility index (Phi) is 7.15. The van der Waals surface area contributed by atoms with E-state index in [9.17, 15) is 4.79 Å². The van der Waals surface area contributed by atoms with Crippen LogP contribution in [0, 0.1) is 0 Å². The van der Waals surface area contributed by atoms with Crippen molar-refractivity contribution in [3.63, 3.8) is 0 Å². The number of hydrogen-bond acceptors (Lipinski definition) is 3. The fraction of sp³-hybridized carbons (Fsp3) is 0.476. The van der Waals surface area contributed by atoms with Crippen LogP contribution in [0.1, 0.15) is 36.3 Å². The van der Waals surface area contributed by atoms with E-state index in [1.807, 2.05) is 42.0 Å². The number of aromatic nitrogens is 2. The van der Waals surface area contributed by atoms with Gasteiger partial charge in [-0.25, -0.2) is 0 Å². The number of anilines is 1. The third-order valence-corrected chi connectivity index (χ3v) is 5.64. The highest BCUT2D eigenvalue weighted by atomic mass is 127. The monoisotopic (exact) mass is 508 g/mol. The molecule has 2 saturated heterocycles. The van der Waals surface area contributed by atoms with E-state index >= 15 is 0 Å². The van der Waals surface area contributed by atoms with Gasteiger partial charge in [-0.15, -0.1) is 24.0 Å². The molecule has 3 heterocycles. The van der Waals surface area contributed by atoms with Crippen LogP contribution < -0.4 is 10.2 Å². The third-order valence-electron chi connectivity index (χ3n) is 5.64. The van der Waals surface area contributed by atoms with Gasteiger partial charge >= 0.3 is 0 Å². The van der Waals surface area contributed by atoms with Gasteiger partial charge in [-0.2, -0.15) is 5.10 Å². The number of carbonyl (C=O) groups is 1. The minimum atomic E-state index is 0. The zero-order chi connectivity index (χ0) is 19.5. The van der Waals surface area contributed by atoms with Crippen molar-refractivity contribution in [1.29, 1.82) is 0 Å². The highest BCUT2D eigenvalue weighted by molar-refractivity contribution is 14.0. The van der Waals surface area contributed by atoms with Crippen LogP contribution in [-0.4, -0.2) is 53.2 Å². The molecular weight excluding hydrogens is 479 g/mol. The summed E-state index contributed by atoms with van der Waals surface area (Å²) in [6.07, 6.45) is 6.78. The topological polar surface area (TPSA) is 65.8 Å². The predicted molar refractivity (Wildman–Crippen MR) is 126 cm³/mol. The zero-order valence-corrected chi connectivity index (χ0v) is 19.4. The van der Waals surface area contributed by atoms with Gasteiger partial charge in [0.25, 0.3) is 0 Å². The standard InChI is InChI=1S/C21H28N6O.HI/c1-22-21(26-10-8-17(15-26)18-13-24-25(2)14-18)23-12-16-5-3-6-19(11-16)27-9-4-7-20(27)28;/h3,5-6,11,13-14,17H,4,7-10,12,15H2,1-2H3,(H,22,23);1H. The minimum absolute atomic E-state index is 0. The number of nitrogens with one attached hydrogen (secondary N) is 1. The van der Waals surface area contributed by atoms with Crippen LogP contribution in [-0.2, 0) is 18.4 Å². The molecule has 0 aliphatic carbocycles. The molecule has 2 aliphatic rings. The van der Waals surface area contributed by atoms with Crippen molar-refractivity contribution in [3.8, 4) is 0 Å². The number of aryl methyl sites for hydroxylation is 1. The molecule has 2 aliphatic heterocycles. The Bertz CT molecular complexity index is 880. The molecule has 4 rings (SSSR count). The Morgan fingerprint density at radius 2 is 2.21 bits per heavy atom. The maximum Gasteiger partial charge on any atom is 0.227 e. The number of amides is 1. The zero-order valence-electron chi connectivity index (χ0n) is 17.0. The van der Waals surface area contributed by atoms with Gasteiger partial charge in [0.2, 0.25) is 5.91 Å². The van der Waals surface area contributed by atoms with E-state index in [-0.39, 0.29) is 29.9 Å². The van der Waals surface area contributed by atoms with Gasteiger partial charge < -0.3 is 15.1 Å². The summed E-state index contributed by atoms with van der Waals surface area (Å²) in [4.78, 5) is 20.7. The lowest BCUT2D eigenvalue weighted by molar-refractivity contribution is -0.117. The van der Waals surface area contributed by atoms with E-state index in [2.05, 4.69) is 38.6 Å². The van der Waals surface area contributed by atoms with Gasteiger partial charge in [0, 0.05) is 64.5 Å². The summed E-state index contributed by atoms with van der Waals surface area (Å²) in [5.74, 6) is 1.64. The van der Waals surface area contributed by atoms with Gasteiger partial charge in [0.05, 0.1) is 6.20 Å². The van der Waals surface area contributed by atoms with Crippen molar-refractivity contribution in [2.45, 2.75) is 31.7 Å². The molecular formula is C21H29IN6O. The molecule has 1 N–H and O–H groups in total. The van der Waals surface area contributed by atoms with E-state index in [1.165, 1.54) is 5.56 Å². The molecule has 2 fully saturated rings. The highest BCUT2D eigenvalue weighted by Crippen LogP contribution is 2.27. The Morgan fingerprint density at radius 3 is 2.90 bits per heavy atom. The van der Waals surface area contributed by atoms with E-state index in [0.717, 1.165) is 49.7 Å². The van der Waals surface area contributed by atoms with Gasteiger partial charge in [0.1, 0.15) is 0 Å². The van der Waals surface area contributed by atoms with Gasteiger partial charge in [-0.3, -0.25) is 14.5 Å². The number of halogens is 1. The lowest BCUT2D eigenvalue weighted by Gasteiger charge is -2.22. The maximum atomic E-state index is 12.0. The van der Waals surface area contributed by atoms with E-state index in [4.69, 9.17) is 0 Å². The number of hydrogen-bond donors (Lipinski definition) is 1. The summed E-state index contributed by atoms with van der Waals surface area (Å²) in [7, 11) is 3.79. The average molecular weight is 508 g/mol. The number of benzene rings is 1. The second-order valence-corrected chi connectivity index (χ2v) is 7.60. The maximum absolute atomic E-state index is 12.0. The first-order valence-corrected chi connectivity index (χ1v) is 9.97. The minimum Gasteiger partial charge on any atom is -0.352 e. The number of carbonyl (C=O) groups excluding carboxylic acids is 1. The van der Waals surface area contributed by atoms with Gasteiger partial charge in [-0.05, 0) is 36.1 Å². The molecule has 1 unspecified atom stereocenters. The van der Waals surface area contributed by atoms with Crippen molar-refractivity contribution in [2.75, 3.05) is 31.6 Å². The number of nitrogens with zero attached hydrogens (tertiary/aromatic N) is 5. The highest BCUT2D eigenvalue weighted by Gasteiger charge is 2.27. The second kappa shape index (κ2) is 9.60.